The second-order valence-electron chi connectivity index (χ2n) is 3.37. The summed E-state index contributed by atoms with van der Waals surface area (Å²) in [7, 11) is 0. The van der Waals surface area contributed by atoms with Crippen molar-refractivity contribution in [3.8, 4) is 11.5 Å². The zero-order valence-corrected chi connectivity index (χ0v) is 9.12. The Labute approximate surface area is 85.7 Å². The van der Waals surface area contributed by atoms with Gasteiger partial charge >= 0.3 is 85.4 Å². The molecule has 0 amide bonds. The molecule has 0 saturated heterocycles. The number of phenols is 1. The van der Waals surface area contributed by atoms with Crippen molar-refractivity contribution >= 4 is 16.0 Å². The summed E-state index contributed by atoms with van der Waals surface area (Å²) in [6.45, 7) is 1.95. The van der Waals surface area contributed by atoms with E-state index in [9.17, 15) is 5.11 Å². The van der Waals surface area contributed by atoms with Gasteiger partial charge in [0.2, 0.25) is 0 Å². The predicted octanol–water partition coefficient (Wildman–Crippen LogP) is 1.59. The van der Waals surface area contributed by atoms with E-state index in [0.717, 1.165) is 28.6 Å². The summed E-state index contributed by atoms with van der Waals surface area (Å²) in [4.78, 5) is 0. The second kappa shape index (κ2) is 3.24. The van der Waals surface area contributed by atoms with Crippen LogP contribution in [0.25, 0.3) is 0 Å². The minimum atomic E-state index is 0.197. The number of ether oxygens (including phenoxy) is 1. The summed E-state index contributed by atoms with van der Waals surface area (Å²) in [6, 6.07) is 3.76. The summed E-state index contributed by atoms with van der Waals surface area (Å²) in [5.41, 5.74) is 1.99. The van der Waals surface area contributed by atoms with Gasteiger partial charge < -0.3 is 0 Å². The zero-order valence-electron chi connectivity index (χ0n) is 7.41. The van der Waals surface area contributed by atoms with Gasteiger partial charge in [0, 0.05) is 0 Å². The van der Waals surface area contributed by atoms with Crippen LogP contribution in [0.2, 0.25) is 5.32 Å². The van der Waals surface area contributed by atoms with E-state index in [0.29, 0.717) is 5.75 Å². The van der Waals surface area contributed by atoms with Crippen LogP contribution in [0.3, 0.4) is 0 Å². The maximum absolute atomic E-state index is 9.64. The molecule has 1 aromatic carbocycles. The van der Waals surface area contributed by atoms with Gasteiger partial charge in [-0.05, 0) is 0 Å². The molecule has 2 rings (SSSR count). The fourth-order valence-corrected chi connectivity index (χ4v) is 2.01. The second-order valence-corrected chi connectivity index (χ2v) is 4.07. The van der Waals surface area contributed by atoms with Gasteiger partial charge in [0.15, 0.2) is 0 Å². The third-order valence-electron chi connectivity index (χ3n) is 2.24. The van der Waals surface area contributed by atoms with Crippen LogP contribution in [0.1, 0.15) is 11.1 Å². The normalized spacial score (nSPS) is 19.7. The first-order valence-corrected chi connectivity index (χ1v) is 5.49. The van der Waals surface area contributed by atoms with Gasteiger partial charge in [-0.2, -0.15) is 0 Å². The maximum atomic E-state index is 9.64. The molecule has 1 aliphatic rings. The Kier molecular flexibility index (Phi) is 2.22. The van der Waals surface area contributed by atoms with Crippen LogP contribution in [0.15, 0.2) is 12.1 Å². The van der Waals surface area contributed by atoms with Crippen molar-refractivity contribution in [2.24, 2.45) is 0 Å². The van der Waals surface area contributed by atoms with Crippen molar-refractivity contribution in [1.29, 1.82) is 0 Å². The van der Waals surface area contributed by atoms with Crippen LogP contribution in [-0.2, 0) is 6.42 Å². The Bertz CT molecular complexity index is 336. The van der Waals surface area contributed by atoms with Gasteiger partial charge in [0.1, 0.15) is 0 Å². The van der Waals surface area contributed by atoms with E-state index in [4.69, 9.17) is 4.74 Å². The van der Waals surface area contributed by atoms with Gasteiger partial charge in [-0.25, -0.2) is 0 Å². The summed E-state index contributed by atoms with van der Waals surface area (Å²) >= 11 is 2.95. The molecule has 0 aromatic heterocycles. The minimum absolute atomic E-state index is 0.197. The van der Waals surface area contributed by atoms with Crippen molar-refractivity contribution in [3.63, 3.8) is 0 Å². The molecule has 1 N–H and O–H groups in total. The van der Waals surface area contributed by atoms with Crippen LogP contribution in [0, 0.1) is 6.92 Å². The van der Waals surface area contributed by atoms with Crippen LogP contribution in [0.5, 0.6) is 11.5 Å². The Morgan fingerprint density at radius 2 is 2.38 bits per heavy atom. The number of aryl methyl sites for hydroxylation is 1. The Morgan fingerprint density at radius 1 is 1.62 bits per heavy atom. The standard InChI is InChI=1S/C10H11O2Se/c1-6-2-9(11)8-4-7(5-13)12-10(8)3-6/h2-3,7,11H,4-5H2,1H3. The van der Waals surface area contributed by atoms with Gasteiger partial charge in [-0.3, -0.25) is 0 Å². The molecule has 1 aromatic rings. The zero-order chi connectivity index (χ0) is 9.42. The Balaban J connectivity index is 2.40. The van der Waals surface area contributed by atoms with E-state index in [1.807, 2.05) is 13.0 Å². The van der Waals surface area contributed by atoms with E-state index in [2.05, 4.69) is 16.0 Å². The molecule has 1 aliphatic heterocycles. The van der Waals surface area contributed by atoms with Crippen molar-refractivity contribution in [1.82, 2.24) is 0 Å². The SMILES string of the molecule is Cc1cc(O)c2c(c1)OC(C[Se])C2. The molecule has 1 heterocycles. The van der Waals surface area contributed by atoms with Crippen LogP contribution < -0.4 is 4.74 Å². The van der Waals surface area contributed by atoms with Crippen molar-refractivity contribution in [2.45, 2.75) is 24.8 Å². The molecule has 1 atom stereocenters. The van der Waals surface area contributed by atoms with Crippen molar-refractivity contribution < 1.29 is 9.84 Å². The van der Waals surface area contributed by atoms with Crippen molar-refractivity contribution in [3.05, 3.63) is 23.3 Å². The van der Waals surface area contributed by atoms with Gasteiger partial charge in [-0.15, -0.1) is 0 Å². The average Bonchev–Trinajstić information content (AvgIpc) is 2.47. The molecular weight excluding hydrogens is 231 g/mol. The van der Waals surface area contributed by atoms with Crippen LogP contribution >= 0.6 is 0 Å². The Morgan fingerprint density at radius 3 is 3.08 bits per heavy atom. The number of hydrogen-bond acceptors (Lipinski definition) is 2. The number of aromatic hydroxyl groups is 1. The first-order valence-electron chi connectivity index (χ1n) is 4.28. The summed E-state index contributed by atoms with van der Waals surface area (Å²) in [5, 5.41) is 10.5. The predicted molar refractivity (Wildman–Crippen MR) is 51.5 cm³/mol. The van der Waals surface area contributed by atoms with E-state index in [-0.39, 0.29) is 6.10 Å². The Hall–Kier alpha value is -0.661. The van der Waals surface area contributed by atoms with Crippen LogP contribution in [-0.4, -0.2) is 27.2 Å². The molecule has 13 heavy (non-hydrogen) atoms. The quantitative estimate of drug-likeness (QED) is 0.758. The van der Waals surface area contributed by atoms with E-state index >= 15 is 0 Å². The number of fused-ring (bicyclic) bond motifs is 1. The monoisotopic (exact) mass is 243 g/mol. The van der Waals surface area contributed by atoms with Crippen LogP contribution in [0.4, 0.5) is 0 Å². The molecule has 69 valence electrons. The van der Waals surface area contributed by atoms with E-state index in [1.54, 1.807) is 6.07 Å². The molecule has 0 bridgehead atoms. The number of benzene rings is 1. The van der Waals surface area contributed by atoms with E-state index in [1.165, 1.54) is 0 Å². The molecule has 1 radical (unpaired) electrons. The summed E-state index contributed by atoms with van der Waals surface area (Å²) in [5.74, 6) is 1.21. The molecule has 0 spiro atoms. The van der Waals surface area contributed by atoms with E-state index < -0.39 is 0 Å². The first kappa shape index (κ1) is 8.92. The third kappa shape index (κ3) is 1.54. The topological polar surface area (TPSA) is 29.5 Å². The number of rotatable bonds is 1. The van der Waals surface area contributed by atoms with Gasteiger partial charge in [0.05, 0.1) is 0 Å². The molecule has 1 unspecified atom stereocenters. The molecular formula is C10H11O2Se. The fourth-order valence-electron chi connectivity index (χ4n) is 1.62. The fraction of sp³-hybridized carbons (Fsp3) is 0.400. The number of phenolic OH excluding ortho intramolecular Hbond substituents is 1. The first-order chi connectivity index (χ1) is 6.20. The molecule has 2 nitrogen and oxygen atoms in total. The molecule has 3 heteroatoms. The molecule has 0 fully saturated rings. The summed E-state index contributed by atoms with van der Waals surface area (Å²) in [6.07, 6.45) is 1.01. The van der Waals surface area contributed by atoms with Gasteiger partial charge in [-0.1, -0.05) is 0 Å². The number of hydrogen-bond donors (Lipinski definition) is 1. The third-order valence-corrected chi connectivity index (χ3v) is 3.02. The summed E-state index contributed by atoms with van der Waals surface area (Å²) < 4.78 is 5.63. The molecule has 0 aliphatic carbocycles. The molecule has 0 saturated carbocycles. The average molecular weight is 242 g/mol. The van der Waals surface area contributed by atoms with Gasteiger partial charge in [0.25, 0.3) is 0 Å². The van der Waals surface area contributed by atoms with Crippen molar-refractivity contribution in [2.75, 3.05) is 0 Å².